The number of hydrogen-bond donors (Lipinski definition) is 2. The second-order valence-electron chi connectivity index (χ2n) is 5.11. The zero-order chi connectivity index (χ0) is 17.9. The van der Waals surface area contributed by atoms with Gasteiger partial charge in [0.2, 0.25) is 0 Å². The lowest BCUT2D eigenvalue weighted by Gasteiger charge is -2.03. The van der Waals surface area contributed by atoms with Gasteiger partial charge < -0.3 is 9.52 Å². The molecular formula is C17H16O6S. The number of phenolic OH excluding ortho intramolecular Hbond substituents is 1. The minimum atomic E-state index is -4.00. The second-order valence-corrected chi connectivity index (χ2v) is 6.53. The Bertz CT molecular complexity index is 1020. The van der Waals surface area contributed by atoms with Gasteiger partial charge in [-0.1, -0.05) is 18.2 Å². The van der Waals surface area contributed by atoms with Crippen molar-refractivity contribution >= 4 is 21.1 Å². The molecule has 0 saturated heterocycles. The summed E-state index contributed by atoms with van der Waals surface area (Å²) in [6, 6.07) is 12.2. The van der Waals surface area contributed by atoms with Crippen molar-refractivity contribution in [2.45, 2.75) is 18.7 Å². The highest BCUT2D eigenvalue weighted by Gasteiger charge is 2.07. The summed E-state index contributed by atoms with van der Waals surface area (Å²) in [4.78, 5) is 11.2. The van der Waals surface area contributed by atoms with Gasteiger partial charge in [-0.05, 0) is 43.7 Å². The van der Waals surface area contributed by atoms with Crippen molar-refractivity contribution in [3.8, 4) is 5.75 Å². The number of fused-ring (bicyclic) bond motifs is 1. The highest BCUT2D eigenvalue weighted by Crippen LogP contribution is 2.22. The Morgan fingerprint density at radius 2 is 1.58 bits per heavy atom. The SMILES string of the molecule is Cc1c(C)c2ccc(O)cc2oc1=O.O=S(=O)(O)c1ccccc1. The fourth-order valence-electron chi connectivity index (χ4n) is 2.03. The van der Waals surface area contributed by atoms with Gasteiger partial charge in [0, 0.05) is 17.0 Å². The third-order valence-corrected chi connectivity index (χ3v) is 4.35. The fraction of sp³-hybridized carbons (Fsp3) is 0.118. The van der Waals surface area contributed by atoms with E-state index < -0.39 is 10.1 Å². The molecule has 6 nitrogen and oxygen atoms in total. The Morgan fingerprint density at radius 3 is 2.12 bits per heavy atom. The molecule has 7 heteroatoms. The van der Waals surface area contributed by atoms with Crippen LogP contribution in [0.25, 0.3) is 11.0 Å². The van der Waals surface area contributed by atoms with Crippen LogP contribution in [0.1, 0.15) is 11.1 Å². The average Bonchev–Trinajstić information content (AvgIpc) is 2.53. The van der Waals surface area contributed by atoms with Crippen LogP contribution < -0.4 is 5.63 Å². The molecule has 0 aliphatic heterocycles. The first-order chi connectivity index (χ1) is 11.2. The summed E-state index contributed by atoms with van der Waals surface area (Å²) in [6.45, 7) is 3.60. The summed E-state index contributed by atoms with van der Waals surface area (Å²) in [6.07, 6.45) is 0. The molecule has 1 heterocycles. The van der Waals surface area contributed by atoms with Crippen molar-refractivity contribution in [1.82, 2.24) is 0 Å². The van der Waals surface area contributed by atoms with Crippen molar-refractivity contribution in [2.24, 2.45) is 0 Å². The first-order valence-electron chi connectivity index (χ1n) is 6.95. The summed E-state index contributed by atoms with van der Waals surface area (Å²) >= 11 is 0. The number of benzene rings is 2. The van der Waals surface area contributed by atoms with E-state index in [2.05, 4.69) is 0 Å². The number of aryl methyl sites for hydroxylation is 1. The Hall–Kier alpha value is -2.64. The fourth-order valence-corrected chi connectivity index (χ4v) is 2.53. The van der Waals surface area contributed by atoms with E-state index in [0.29, 0.717) is 11.1 Å². The monoisotopic (exact) mass is 348 g/mol. The Morgan fingerprint density at radius 1 is 0.958 bits per heavy atom. The Kier molecular flexibility index (Phi) is 5.06. The van der Waals surface area contributed by atoms with Gasteiger partial charge in [-0.15, -0.1) is 0 Å². The third-order valence-electron chi connectivity index (χ3n) is 3.48. The van der Waals surface area contributed by atoms with Gasteiger partial charge in [0.05, 0.1) is 4.90 Å². The van der Waals surface area contributed by atoms with E-state index in [9.17, 15) is 18.3 Å². The first kappa shape index (κ1) is 17.7. The van der Waals surface area contributed by atoms with Crippen molar-refractivity contribution in [2.75, 3.05) is 0 Å². The molecule has 0 atom stereocenters. The van der Waals surface area contributed by atoms with E-state index >= 15 is 0 Å². The van der Waals surface area contributed by atoms with Crippen LogP contribution in [0, 0.1) is 13.8 Å². The normalized spacial score (nSPS) is 11.0. The van der Waals surface area contributed by atoms with Crippen molar-refractivity contribution in [3.63, 3.8) is 0 Å². The standard InChI is InChI=1S/C11H10O3.C6H6O3S/c1-6-7(2)11(13)14-10-5-8(12)3-4-9(6)10;7-10(8,9)6-4-2-1-3-5-6/h3-5,12H,1-2H3;1-5H,(H,7,8,9). The third kappa shape index (κ3) is 4.01. The number of hydrogen-bond acceptors (Lipinski definition) is 5. The molecule has 1 aromatic heterocycles. The van der Waals surface area contributed by atoms with Crippen LogP contribution in [-0.4, -0.2) is 18.1 Å². The molecule has 0 unspecified atom stereocenters. The van der Waals surface area contributed by atoms with E-state index in [-0.39, 0.29) is 16.3 Å². The van der Waals surface area contributed by atoms with Gasteiger partial charge in [-0.3, -0.25) is 4.55 Å². The summed E-state index contributed by atoms with van der Waals surface area (Å²) in [7, 11) is -4.00. The molecule has 0 spiro atoms. The van der Waals surface area contributed by atoms with Crippen molar-refractivity contribution in [1.29, 1.82) is 0 Å². The summed E-state index contributed by atoms with van der Waals surface area (Å²) < 4.78 is 34.3. The Balaban J connectivity index is 0.000000185. The summed E-state index contributed by atoms with van der Waals surface area (Å²) in [5.74, 6) is 0.101. The maximum absolute atomic E-state index is 11.3. The lowest BCUT2D eigenvalue weighted by molar-refractivity contribution is 0.472. The van der Waals surface area contributed by atoms with E-state index in [1.54, 1.807) is 37.3 Å². The molecule has 0 amide bonds. The quantitative estimate of drug-likeness (QED) is 0.517. The number of phenols is 1. The number of rotatable bonds is 1. The van der Waals surface area contributed by atoms with Crippen LogP contribution in [0.5, 0.6) is 5.75 Å². The molecule has 0 saturated carbocycles. The van der Waals surface area contributed by atoms with E-state index in [1.807, 2.05) is 6.92 Å². The molecule has 0 aliphatic carbocycles. The maximum Gasteiger partial charge on any atom is 0.339 e. The second kappa shape index (κ2) is 6.86. The first-order valence-corrected chi connectivity index (χ1v) is 8.39. The molecular weight excluding hydrogens is 332 g/mol. The lowest BCUT2D eigenvalue weighted by atomic mass is 10.1. The van der Waals surface area contributed by atoms with Crippen molar-refractivity contribution < 1.29 is 22.5 Å². The predicted octanol–water partition coefficient (Wildman–Crippen LogP) is 3.05. The molecule has 0 bridgehead atoms. The van der Waals surface area contributed by atoms with Gasteiger partial charge >= 0.3 is 5.63 Å². The highest BCUT2D eigenvalue weighted by atomic mass is 32.2. The minimum absolute atomic E-state index is 0.0741. The highest BCUT2D eigenvalue weighted by molar-refractivity contribution is 7.85. The zero-order valence-corrected chi connectivity index (χ0v) is 13.9. The topological polar surface area (TPSA) is 105 Å². The molecule has 3 rings (SSSR count). The van der Waals surface area contributed by atoms with Crippen LogP contribution >= 0.6 is 0 Å². The van der Waals surface area contributed by atoms with Crippen LogP contribution in [0.2, 0.25) is 0 Å². The van der Waals surface area contributed by atoms with E-state index in [0.717, 1.165) is 10.9 Å². The van der Waals surface area contributed by atoms with Gasteiger partial charge in [0.15, 0.2) is 0 Å². The van der Waals surface area contributed by atoms with Crippen LogP contribution in [-0.2, 0) is 10.1 Å². The molecule has 2 aromatic carbocycles. The minimum Gasteiger partial charge on any atom is -0.508 e. The number of aromatic hydroxyl groups is 1. The zero-order valence-electron chi connectivity index (χ0n) is 13.1. The molecule has 3 aromatic rings. The molecule has 2 N–H and O–H groups in total. The molecule has 126 valence electrons. The van der Waals surface area contributed by atoms with Gasteiger partial charge in [0.1, 0.15) is 11.3 Å². The summed E-state index contributed by atoms with van der Waals surface area (Å²) in [5.41, 5.74) is 1.60. The van der Waals surface area contributed by atoms with Crippen molar-refractivity contribution in [3.05, 3.63) is 70.1 Å². The van der Waals surface area contributed by atoms with Gasteiger partial charge in [0.25, 0.3) is 10.1 Å². The van der Waals surface area contributed by atoms with Crippen LogP contribution in [0.3, 0.4) is 0 Å². The predicted molar refractivity (Wildman–Crippen MR) is 89.9 cm³/mol. The van der Waals surface area contributed by atoms with E-state index in [1.165, 1.54) is 18.2 Å². The van der Waals surface area contributed by atoms with E-state index in [4.69, 9.17) is 8.97 Å². The molecule has 0 aliphatic rings. The lowest BCUT2D eigenvalue weighted by Crippen LogP contribution is -2.05. The summed E-state index contributed by atoms with van der Waals surface area (Å²) in [5, 5.41) is 10.1. The molecule has 0 radical (unpaired) electrons. The molecule has 0 fully saturated rings. The molecule has 24 heavy (non-hydrogen) atoms. The van der Waals surface area contributed by atoms with Crippen LogP contribution in [0.15, 0.2) is 62.6 Å². The van der Waals surface area contributed by atoms with Gasteiger partial charge in [-0.2, -0.15) is 8.42 Å². The largest absolute Gasteiger partial charge is 0.508 e. The van der Waals surface area contributed by atoms with Crippen LogP contribution in [0.4, 0.5) is 0 Å². The average molecular weight is 348 g/mol. The maximum atomic E-state index is 11.3. The smallest absolute Gasteiger partial charge is 0.339 e. The van der Waals surface area contributed by atoms with Gasteiger partial charge in [-0.25, -0.2) is 4.79 Å². The Labute approximate surface area is 138 Å².